The second-order valence-corrected chi connectivity index (χ2v) is 3.69. The molecule has 19 heavy (non-hydrogen) atoms. The quantitative estimate of drug-likeness (QED) is 0.663. The molecule has 98 valence electrons. The molecule has 0 fully saturated rings. The second kappa shape index (κ2) is 4.60. The number of ketones is 1. The van der Waals surface area contributed by atoms with Crippen LogP contribution in [0.5, 0.6) is 0 Å². The molecule has 1 aromatic carbocycles. The number of hydrogen-bond acceptors (Lipinski definition) is 2. The number of carbonyl (C=O) groups excluding carboxylic acids is 1. The minimum Gasteiger partial charge on any atom is -0.477 e. The first-order chi connectivity index (χ1) is 8.90. The number of hydrogen-bond donors (Lipinski definition) is 2. The molecule has 7 heteroatoms. The highest BCUT2D eigenvalue weighted by Gasteiger charge is 2.18. The number of carbonyl (C=O) groups is 2. The molecule has 2 rings (SSSR count). The van der Waals surface area contributed by atoms with E-state index in [0.29, 0.717) is 12.1 Å². The fraction of sp³-hybridized carbons (Fsp3) is 0. The molecule has 0 spiro atoms. The summed E-state index contributed by atoms with van der Waals surface area (Å²) in [6, 6.07) is 2.12. The smallest absolute Gasteiger partial charge is 0.352 e. The highest BCUT2D eigenvalue weighted by atomic mass is 19.2. The van der Waals surface area contributed by atoms with Gasteiger partial charge >= 0.3 is 5.97 Å². The van der Waals surface area contributed by atoms with Gasteiger partial charge in [-0.1, -0.05) is 0 Å². The minimum absolute atomic E-state index is 0.0946. The number of aromatic amines is 1. The van der Waals surface area contributed by atoms with Crippen molar-refractivity contribution < 1.29 is 27.9 Å². The average Bonchev–Trinajstić information content (AvgIpc) is 2.84. The predicted octanol–water partition coefficient (Wildman–Crippen LogP) is 2.36. The lowest BCUT2D eigenvalue weighted by atomic mass is 10.1. The van der Waals surface area contributed by atoms with Crippen molar-refractivity contribution in [3.8, 4) is 0 Å². The molecule has 2 N–H and O–H groups in total. The molecule has 0 unspecified atom stereocenters. The Morgan fingerprint density at radius 1 is 1.00 bits per heavy atom. The van der Waals surface area contributed by atoms with E-state index in [1.807, 2.05) is 0 Å². The third-order valence-electron chi connectivity index (χ3n) is 2.42. The number of rotatable bonds is 3. The zero-order valence-electron chi connectivity index (χ0n) is 9.21. The van der Waals surface area contributed by atoms with Crippen LogP contribution in [0.2, 0.25) is 0 Å². The van der Waals surface area contributed by atoms with Crippen molar-refractivity contribution in [3.05, 3.63) is 58.7 Å². The summed E-state index contributed by atoms with van der Waals surface area (Å²) in [5, 5.41) is 8.66. The van der Waals surface area contributed by atoms with E-state index in [1.54, 1.807) is 0 Å². The predicted molar refractivity (Wildman–Crippen MR) is 57.5 cm³/mol. The number of benzene rings is 1. The SMILES string of the molecule is O=C(c1c[nH]c(C(=O)O)c1)c1cc(F)c(F)c(F)c1. The van der Waals surface area contributed by atoms with Gasteiger partial charge in [0.05, 0.1) is 0 Å². The molecule has 0 atom stereocenters. The number of aromatic nitrogens is 1. The summed E-state index contributed by atoms with van der Waals surface area (Å²) in [4.78, 5) is 24.8. The van der Waals surface area contributed by atoms with Gasteiger partial charge in [0.25, 0.3) is 0 Å². The Morgan fingerprint density at radius 2 is 1.58 bits per heavy atom. The summed E-state index contributed by atoms with van der Waals surface area (Å²) in [7, 11) is 0. The van der Waals surface area contributed by atoms with Crippen LogP contribution in [0.15, 0.2) is 24.4 Å². The number of aromatic carboxylic acids is 1. The van der Waals surface area contributed by atoms with Crippen molar-refractivity contribution in [3.63, 3.8) is 0 Å². The van der Waals surface area contributed by atoms with Crippen molar-refractivity contribution in [1.29, 1.82) is 0 Å². The molecule has 0 aliphatic carbocycles. The summed E-state index contributed by atoms with van der Waals surface area (Å²) in [6.45, 7) is 0. The Hall–Kier alpha value is -2.57. The number of carboxylic acid groups (broad SMARTS) is 1. The molecular formula is C12H6F3NO3. The number of H-pyrrole nitrogens is 1. The molecule has 0 aliphatic rings. The van der Waals surface area contributed by atoms with Gasteiger partial charge in [0, 0.05) is 17.3 Å². The second-order valence-electron chi connectivity index (χ2n) is 3.69. The molecule has 4 nitrogen and oxygen atoms in total. The van der Waals surface area contributed by atoms with E-state index in [4.69, 9.17) is 5.11 Å². The molecule has 0 bridgehead atoms. The van der Waals surface area contributed by atoms with Crippen LogP contribution in [0.4, 0.5) is 13.2 Å². The Morgan fingerprint density at radius 3 is 2.05 bits per heavy atom. The van der Waals surface area contributed by atoms with Crippen LogP contribution in [0.1, 0.15) is 26.4 Å². The fourth-order valence-corrected chi connectivity index (χ4v) is 1.50. The van der Waals surface area contributed by atoms with Gasteiger partial charge in [-0.3, -0.25) is 4.79 Å². The van der Waals surface area contributed by atoms with Gasteiger partial charge in [-0.15, -0.1) is 0 Å². The van der Waals surface area contributed by atoms with Crippen LogP contribution in [-0.2, 0) is 0 Å². The van der Waals surface area contributed by atoms with Crippen LogP contribution in [0, 0.1) is 17.5 Å². The summed E-state index contributed by atoms with van der Waals surface area (Å²) in [6.07, 6.45) is 1.09. The summed E-state index contributed by atoms with van der Waals surface area (Å²) in [5.41, 5.74) is -0.749. The van der Waals surface area contributed by atoms with E-state index in [2.05, 4.69) is 4.98 Å². The van der Waals surface area contributed by atoms with Crippen LogP contribution >= 0.6 is 0 Å². The number of carboxylic acids is 1. The fourth-order valence-electron chi connectivity index (χ4n) is 1.50. The highest BCUT2D eigenvalue weighted by Crippen LogP contribution is 2.17. The van der Waals surface area contributed by atoms with E-state index in [9.17, 15) is 22.8 Å². The normalized spacial score (nSPS) is 10.5. The number of nitrogens with one attached hydrogen (secondary N) is 1. The lowest BCUT2D eigenvalue weighted by Crippen LogP contribution is -2.03. The summed E-state index contributed by atoms with van der Waals surface area (Å²) in [5.74, 6) is -6.75. The third kappa shape index (κ3) is 2.35. The van der Waals surface area contributed by atoms with Crippen LogP contribution in [0.25, 0.3) is 0 Å². The maximum absolute atomic E-state index is 13.0. The Labute approximate surface area is 104 Å². The van der Waals surface area contributed by atoms with Crippen molar-refractivity contribution in [2.75, 3.05) is 0 Å². The van der Waals surface area contributed by atoms with Gasteiger partial charge in [0.15, 0.2) is 23.2 Å². The van der Waals surface area contributed by atoms with E-state index in [0.717, 1.165) is 12.3 Å². The van der Waals surface area contributed by atoms with E-state index in [-0.39, 0.29) is 11.3 Å². The van der Waals surface area contributed by atoms with Crippen molar-refractivity contribution in [2.24, 2.45) is 0 Å². The minimum atomic E-state index is -1.67. The van der Waals surface area contributed by atoms with E-state index < -0.39 is 34.8 Å². The first kappa shape index (κ1) is 12.9. The lowest BCUT2D eigenvalue weighted by Gasteiger charge is -2.01. The lowest BCUT2D eigenvalue weighted by molar-refractivity contribution is 0.0691. The van der Waals surface area contributed by atoms with Crippen molar-refractivity contribution in [1.82, 2.24) is 4.98 Å². The Bertz CT molecular complexity index is 656. The third-order valence-corrected chi connectivity index (χ3v) is 2.42. The topological polar surface area (TPSA) is 70.2 Å². The van der Waals surface area contributed by atoms with Crippen LogP contribution in [-0.4, -0.2) is 21.8 Å². The van der Waals surface area contributed by atoms with Gasteiger partial charge < -0.3 is 10.1 Å². The van der Waals surface area contributed by atoms with Gasteiger partial charge in [-0.2, -0.15) is 0 Å². The Kier molecular flexibility index (Phi) is 3.12. The standard InChI is InChI=1S/C12H6F3NO3/c13-7-1-5(2-8(14)10(7)15)11(17)6-3-9(12(18)19)16-4-6/h1-4,16H,(H,18,19). The molecule has 0 aliphatic heterocycles. The molecule has 0 saturated carbocycles. The molecule has 0 amide bonds. The van der Waals surface area contributed by atoms with Crippen molar-refractivity contribution >= 4 is 11.8 Å². The molecular weight excluding hydrogens is 263 g/mol. The molecule has 1 aromatic heterocycles. The first-order valence-electron chi connectivity index (χ1n) is 5.01. The van der Waals surface area contributed by atoms with Gasteiger partial charge in [0.2, 0.25) is 0 Å². The van der Waals surface area contributed by atoms with E-state index in [1.165, 1.54) is 0 Å². The summed E-state index contributed by atoms with van der Waals surface area (Å²) >= 11 is 0. The van der Waals surface area contributed by atoms with Gasteiger partial charge in [-0.25, -0.2) is 18.0 Å². The largest absolute Gasteiger partial charge is 0.477 e. The highest BCUT2D eigenvalue weighted by molar-refractivity contribution is 6.09. The molecule has 0 saturated heterocycles. The van der Waals surface area contributed by atoms with Crippen LogP contribution in [0.3, 0.4) is 0 Å². The molecule has 2 aromatic rings. The monoisotopic (exact) mass is 269 g/mol. The van der Waals surface area contributed by atoms with Crippen molar-refractivity contribution in [2.45, 2.75) is 0 Å². The average molecular weight is 269 g/mol. The summed E-state index contributed by atoms with van der Waals surface area (Å²) < 4.78 is 38.7. The van der Waals surface area contributed by atoms with Gasteiger partial charge in [0.1, 0.15) is 5.69 Å². The maximum Gasteiger partial charge on any atom is 0.352 e. The zero-order chi connectivity index (χ0) is 14.2. The maximum atomic E-state index is 13.0. The first-order valence-corrected chi connectivity index (χ1v) is 5.01. The van der Waals surface area contributed by atoms with Crippen LogP contribution < -0.4 is 0 Å². The molecule has 1 heterocycles. The molecule has 0 radical (unpaired) electrons. The Balaban J connectivity index is 2.41. The zero-order valence-corrected chi connectivity index (χ0v) is 9.21. The van der Waals surface area contributed by atoms with E-state index >= 15 is 0 Å². The number of halogens is 3. The van der Waals surface area contributed by atoms with Gasteiger partial charge in [-0.05, 0) is 18.2 Å².